The topological polar surface area (TPSA) is 127 Å². The summed E-state index contributed by atoms with van der Waals surface area (Å²) in [5.74, 6) is -1.30. The first-order valence-electron chi connectivity index (χ1n) is 5.00. The van der Waals surface area contributed by atoms with E-state index in [4.69, 9.17) is 10.2 Å². The zero-order valence-corrected chi connectivity index (χ0v) is 9.01. The standard InChI is InChI=1S/C9H14N4O4/c14-7(8(15)16)1-2-10-9(17)11-3-6-4-12-13-5-6/h4-5,7,14H,1-3H2,(H,12,13)(H,15,16)(H2,10,11,17). The second-order valence-corrected chi connectivity index (χ2v) is 3.36. The molecule has 0 aliphatic carbocycles. The van der Waals surface area contributed by atoms with Gasteiger partial charge in [0.15, 0.2) is 6.10 Å². The van der Waals surface area contributed by atoms with Crippen molar-refractivity contribution in [1.29, 1.82) is 0 Å². The molecule has 94 valence electrons. The quantitative estimate of drug-likeness (QED) is 0.439. The summed E-state index contributed by atoms with van der Waals surface area (Å²) in [6.45, 7) is 0.411. The van der Waals surface area contributed by atoms with Crippen LogP contribution in [0.5, 0.6) is 0 Å². The molecule has 8 heteroatoms. The minimum Gasteiger partial charge on any atom is -0.479 e. The van der Waals surface area contributed by atoms with Crippen LogP contribution in [0.15, 0.2) is 12.4 Å². The fourth-order valence-electron chi connectivity index (χ4n) is 1.07. The van der Waals surface area contributed by atoms with E-state index >= 15 is 0 Å². The van der Waals surface area contributed by atoms with Crippen LogP contribution in [0.4, 0.5) is 4.79 Å². The van der Waals surface area contributed by atoms with Crippen LogP contribution in [-0.2, 0) is 11.3 Å². The molecule has 1 aromatic heterocycles. The zero-order chi connectivity index (χ0) is 12.7. The number of nitrogens with one attached hydrogen (secondary N) is 3. The second-order valence-electron chi connectivity index (χ2n) is 3.36. The number of aromatic amines is 1. The highest BCUT2D eigenvalue weighted by molar-refractivity contribution is 5.74. The summed E-state index contributed by atoms with van der Waals surface area (Å²) in [5.41, 5.74) is 0.825. The Morgan fingerprint density at radius 3 is 2.82 bits per heavy atom. The van der Waals surface area contributed by atoms with E-state index in [9.17, 15) is 9.59 Å². The Balaban J connectivity index is 2.11. The van der Waals surface area contributed by atoms with Gasteiger partial charge in [0.1, 0.15) is 0 Å². The van der Waals surface area contributed by atoms with Gasteiger partial charge in [0.05, 0.1) is 6.20 Å². The van der Waals surface area contributed by atoms with Gasteiger partial charge in [0.2, 0.25) is 0 Å². The first kappa shape index (κ1) is 13.0. The molecule has 17 heavy (non-hydrogen) atoms. The van der Waals surface area contributed by atoms with Crippen molar-refractivity contribution in [2.24, 2.45) is 0 Å². The summed E-state index contributed by atoms with van der Waals surface area (Å²) in [6, 6.07) is -0.427. The highest BCUT2D eigenvalue weighted by Gasteiger charge is 2.12. The Hall–Kier alpha value is -2.09. The molecule has 0 aromatic carbocycles. The number of aromatic nitrogens is 2. The molecule has 0 aliphatic rings. The molecule has 0 radical (unpaired) electrons. The summed E-state index contributed by atoms with van der Waals surface area (Å²) in [6.07, 6.45) is 1.74. The number of hydrogen-bond acceptors (Lipinski definition) is 4. The van der Waals surface area contributed by atoms with E-state index in [-0.39, 0.29) is 13.0 Å². The smallest absolute Gasteiger partial charge is 0.332 e. The number of amides is 2. The number of carboxylic acid groups (broad SMARTS) is 1. The van der Waals surface area contributed by atoms with Gasteiger partial charge in [0, 0.05) is 31.3 Å². The Labute approximate surface area is 97.0 Å². The van der Waals surface area contributed by atoms with Crippen LogP contribution in [-0.4, -0.2) is 45.1 Å². The SMILES string of the molecule is O=C(NCCC(O)C(=O)O)NCc1cn[nH]c1. The molecule has 5 N–H and O–H groups in total. The van der Waals surface area contributed by atoms with Crippen molar-refractivity contribution in [3.8, 4) is 0 Å². The van der Waals surface area contributed by atoms with E-state index in [1.807, 2.05) is 0 Å². The van der Waals surface area contributed by atoms with Gasteiger partial charge in [0.25, 0.3) is 0 Å². The van der Waals surface area contributed by atoms with Crippen LogP contribution < -0.4 is 10.6 Å². The molecule has 1 atom stereocenters. The Kier molecular flexibility index (Phi) is 4.95. The molecule has 0 saturated carbocycles. The lowest BCUT2D eigenvalue weighted by Crippen LogP contribution is -2.37. The predicted molar refractivity (Wildman–Crippen MR) is 57.1 cm³/mol. The van der Waals surface area contributed by atoms with Crippen molar-refractivity contribution in [3.05, 3.63) is 18.0 Å². The van der Waals surface area contributed by atoms with Crippen LogP contribution >= 0.6 is 0 Å². The van der Waals surface area contributed by atoms with Gasteiger partial charge in [-0.15, -0.1) is 0 Å². The molecule has 1 rings (SSSR count). The molecule has 0 bridgehead atoms. The number of H-pyrrole nitrogens is 1. The maximum Gasteiger partial charge on any atom is 0.332 e. The average molecular weight is 242 g/mol. The van der Waals surface area contributed by atoms with Gasteiger partial charge in [-0.25, -0.2) is 9.59 Å². The van der Waals surface area contributed by atoms with Gasteiger partial charge in [-0.3, -0.25) is 5.10 Å². The van der Waals surface area contributed by atoms with Crippen molar-refractivity contribution in [3.63, 3.8) is 0 Å². The van der Waals surface area contributed by atoms with Gasteiger partial charge in [-0.05, 0) is 0 Å². The van der Waals surface area contributed by atoms with Crippen LogP contribution in [0.25, 0.3) is 0 Å². The van der Waals surface area contributed by atoms with Gasteiger partial charge in [-0.1, -0.05) is 0 Å². The second kappa shape index (κ2) is 6.48. The van der Waals surface area contributed by atoms with E-state index in [0.717, 1.165) is 5.56 Å². The van der Waals surface area contributed by atoms with Crippen molar-refractivity contribution >= 4 is 12.0 Å². The van der Waals surface area contributed by atoms with Crippen LogP contribution in [0.1, 0.15) is 12.0 Å². The van der Waals surface area contributed by atoms with Gasteiger partial charge < -0.3 is 20.8 Å². The minimum atomic E-state index is -1.45. The lowest BCUT2D eigenvalue weighted by atomic mass is 10.2. The predicted octanol–water partition coefficient (Wildman–Crippen LogP) is -0.955. The molecule has 0 spiro atoms. The van der Waals surface area contributed by atoms with Gasteiger partial charge >= 0.3 is 12.0 Å². The number of nitrogens with zero attached hydrogens (tertiary/aromatic N) is 1. The van der Waals surface area contributed by atoms with E-state index in [1.54, 1.807) is 12.4 Å². The first-order chi connectivity index (χ1) is 8.09. The summed E-state index contributed by atoms with van der Waals surface area (Å²) in [7, 11) is 0. The van der Waals surface area contributed by atoms with Crippen molar-refractivity contribution in [2.75, 3.05) is 6.54 Å². The maximum atomic E-state index is 11.2. The monoisotopic (exact) mass is 242 g/mol. The van der Waals surface area contributed by atoms with Crippen molar-refractivity contribution in [2.45, 2.75) is 19.1 Å². The number of aliphatic hydroxyl groups excluding tert-OH is 1. The number of carbonyl (C=O) groups excluding carboxylic acids is 1. The zero-order valence-electron chi connectivity index (χ0n) is 9.01. The first-order valence-corrected chi connectivity index (χ1v) is 5.00. The number of carbonyl (C=O) groups is 2. The summed E-state index contributed by atoms with van der Waals surface area (Å²) in [4.78, 5) is 21.5. The Morgan fingerprint density at radius 2 is 2.24 bits per heavy atom. The molecule has 0 aliphatic heterocycles. The molecular weight excluding hydrogens is 228 g/mol. The van der Waals surface area contributed by atoms with Gasteiger partial charge in [-0.2, -0.15) is 5.10 Å². The molecule has 8 nitrogen and oxygen atoms in total. The molecule has 2 amide bonds. The molecule has 1 aromatic rings. The molecule has 0 saturated heterocycles. The largest absolute Gasteiger partial charge is 0.479 e. The fraction of sp³-hybridized carbons (Fsp3) is 0.444. The van der Waals surface area contributed by atoms with E-state index in [0.29, 0.717) is 6.54 Å². The normalized spacial score (nSPS) is 11.8. The Bertz CT molecular complexity index is 365. The Morgan fingerprint density at radius 1 is 1.47 bits per heavy atom. The summed E-state index contributed by atoms with van der Waals surface area (Å²) in [5, 5.41) is 28.6. The average Bonchev–Trinajstić information content (AvgIpc) is 2.78. The number of hydrogen-bond donors (Lipinski definition) is 5. The molecule has 1 heterocycles. The molecule has 1 unspecified atom stereocenters. The van der Waals surface area contributed by atoms with E-state index in [1.165, 1.54) is 0 Å². The van der Waals surface area contributed by atoms with Crippen molar-refractivity contribution < 1.29 is 19.8 Å². The van der Waals surface area contributed by atoms with E-state index < -0.39 is 18.1 Å². The van der Waals surface area contributed by atoms with Crippen LogP contribution in [0.2, 0.25) is 0 Å². The third-order valence-corrected chi connectivity index (χ3v) is 2.00. The number of aliphatic hydroxyl groups is 1. The third-order valence-electron chi connectivity index (χ3n) is 2.00. The number of rotatable bonds is 6. The maximum absolute atomic E-state index is 11.2. The number of urea groups is 1. The van der Waals surface area contributed by atoms with Crippen molar-refractivity contribution in [1.82, 2.24) is 20.8 Å². The summed E-state index contributed by atoms with van der Waals surface area (Å²) >= 11 is 0. The number of carboxylic acids is 1. The lowest BCUT2D eigenvalue weighted by Gasteiger charge is -2.08. The third kappa shape index (κ3) is 4.98. The highest BCUT2D eigenvalue weighted by atomic mass is 16.4. The lowest BCUT2D eigenvalue weighted by molar-refractivity contribution is -0.146. The highest BCUT2D eigenvalue weighted by Crippen LogP contribution is 1.92. The summed E-state index contributed by atoms with van der Waals surface area (Å²) < 4.78 is 0. The fourth-order valence-corrected chi connectivity index (χ4v) is 1.07. The molecule has 0 fully saturated rings. The molecular formula is C9H14N4O4. The van der Waals surface area contributed by atoms with E-state index in [2.05, 4.69) is 20.8 Å². The number of aliphatic carboxylic acids is 1. The van der Waals surface area contributed by atoms with Crippen LogP contribution in [0.3, 0.4) is 0 Å². The van der Waals surface area contributed by atoms with Crippen LogP contribution in [0, 0.1) is 0 Å². The minimum absolute atomic E-state index is 0.0333.